The number of carbonyl (C=O) groups excluding carboxylic acids is 1. The van der Waals surface area contributed by atoms with Gasteiger partial charge in [-0.05, 0) is 20.8 Å². The molecular formula is C8H17NO3. The Morgan fingerprint density at radius 2 is 1.67 bits per heavy atom. The first kappa shape index (κ1) is 11.2. The minimum atomic E-state index is -1.42. The molecule has 2 N–H and O–H groups in total. The lowest BCUT2D eigenvalue weighted by atomic mass is 10.1. The molecule has 0 fully saturated rings. The summed E-state index contributed by atoms with van der Waals surface area (Å²) < 4.78 is 4.62. The summed E-state index contributed by atoms with van der Waals surface area (Å²) in [5.41, 5.74) is -0.345. The Bertz CT molecular complexity index is 146. The van der Waals surface area contributed by atoms with Crippen molar-refractivity contribution >= 4 is 6.09 Å². The minimum absolute atomic E-state index is 0.345. The molecule has 0 heterocycles. The molecule has 0 aromatic carbocycles. The normalized spacial score (nSPS) is 12.5. The standard InChI is InChI=1S/C8H17NO3/c1-7(2,3)9-6(10)12-8(4,5)11/h11H,1-5H3,(H,9,10). The molecule has 4 heteroatoms. The van der Waals surface area contributed by atoms with Gasteiger partial charge in [-0.3, -0.25) is 0 Å². The van der Waals surface area contributed by atoms with E-state index in [0.29, 0.717) is 0 Å². The molecule has 12 heavy (non-hydrogen) atoms. The molecule has 0 aromatic rings. The zero-order chi connectivity index (χ0) is 9.99. The average Bonchev–Trinajstić information content (AvgIpc) is 1.49. The van der Waals surface area contributed by atoms with Gasteiger partial charge in [0.1, 0.15) is 0 Å². The van der Waals surface area contributed by atoms with Gasteiger partial charge in [-0.15, -0.1) is 0 Å². The van der Waals surface area contributed by atoms with Crippen LogP contribution in [0.25, 0.3) is 0 Å². The van der Waals surface area contributed by atoms with E-state index in [-0.39, 0.29) is 5.54 Å². The van der Waals surface area contributed by atoms with Crippen LogP contribution in [0, 0.1) is 0 Å². The maximum atomic E-state index is 11.0. The first-order valence-electron chi connectivity index (χ1n) is 3.84. The summed E-state index contributed by atoms with van der Waals surface area (Å²) in [7, 11) is 0. The van der Waals surface area contributed by atoms with Gasteiger partial charge in [0.25, 0.3) is 0 Å². The van der Waals surface area contributed by atoms with Gasteiger partial charge in [-0.1, -0.05) is 0 Å². The van der Waals surface area contributed by atoms with E-state index in [0.717, 1.165) is 0 Å². The summed E-state index contributed by atoms with van der Waals surface area (Å²) in [6, 6.07) is 0. The number of hydrogen-bond donors (Lipinski definition) is 2. The first-order chi connectivity index (χ1) is 5.10. The molecule has 72 valence electrons. The van der Waals surface area contributed by atoms with Crippen LogP contribution in [-0.2, 0) is 4.74 Å². The number of aliphatic hydroxyl groups is 1. The third-order valence-corrected chi connectivity index (χ3v) is 0.820. The second kappa shape index (κ2) is 3.31. The van der Waals surface area contributed by atoms with E-state index in [2.05, 4.69) is 10.1 Å². The lowest BCUT2D eigenvalue weighted by molar-refractivity contribution is -0.132. The van der Waals surface area contributed by atoms with E-state index in [1.807, 2.05) is 20.8 Å². The number of amides is 1. The SMILES string of the molecule is CC(C)(C)NC(=O)OC(C)(C)O. The van der Waals surface area contributed by atoms with E-state index in [1.54, 1.807) is 0 Å². The van der Waals surface area contributed by atoms with Crippen LogP contribution in [0.1, 0.15) is 34.6 Å². The second-order valence-corrected chi connectivity index (χ2v) is 4.21. The summed E-state index contributed by atoms with van der Waals surface area (Å²) in [5, 5.41) is 11.7. The van der Waals surface area contributed by atoms with Crippen LogP contribution in [0.2, 0.25) is 0 Å². The molecule has 0 bridgehead atoms. The van der Waals surface area contributed by atoms with Crippen LogP contribution in [0.3, 0.4) is 0 Å². The van der Waals surface area contributed by atoms with E-state index in [1.165, 1.54) is 13.8 Å². The molecule has 0 atom stereocenters. The number of nitrogens with one attached hydrogen (secondary N) is 1. The Morgan fingerprint density at radius 1 is 1.25 bits per heavy atom. The van der Waals surface area contributed by atoms with Crippen molar-refractivity contribution in [3.8, 4) is 0 Å². The van der Waals surface area contributed by atoms with Gasteiger partial charge >= 0.3 is 6.09 Å². The van der Waals surface area contributed by atoms with Crippen LogP contribution in [0.15, 0.2) is 0 Å². The Kier molecular flexibility index (Phi) is 3.10. The highest BCUT2D eigenvalue weighted by Gasteiger charge is 2.21. The van der Waals surface area contributed by atoms with E-state index in [9.17, 15) is 4.79 Å². The van der Waals surface area contributed by atoms with Crippen molar-refractivity contribution < 1.29 is 14.6 Å². The third-order valence-electron chi connectivity index (χ3n) is 0.820. The summed E-state index contributed by atoms with van der Waals surface area (Å²) in [6.45, 7) is 8.29. The Hall–Kier alpha value is -0.770. The lowest BCUT2D eigenvalue weighted by Gasteiger charge is -2.24. The van der Waals surface area contributed by atoms with Crippen molar-refractivity contribution in [2.24, 2.45) is 0 Å². The number of alkyl carbamates (subject to hydrolysis) is 1. The maximum Gasteiger partial charge on any atom is 0.410 e. The molecule has 0 aliphatic heterocycles. The smallest absolute Gasteiger partial charge is 0.410 e. The highest BCUT2D eigenvalue weighted by molar-refractivity contribution is 5.68. The second-order valence-electron chi connectivity index (χ2n) is 4.21. The fourth-order valence-corrected chi connectivity index (χ4v) is 0.559. The fraction of sp³-hybridized carbons (Fsp3) is 0.875. The predicted molar refractivity (Wildman–Crippen MR) is 45.7 cm³/mol. The largest absolute Gasteiger partial charge is 0.418 e. The van der Waals surface area contributed by atoms with Crippen LogP contribution in [0.4, 0.5) is 4.79 Å². The molecule has 0 unspecified atom stereocenters. The number of hydrogen-bond acceptors (Lipinski definition) is 3. The third kappa shape index (κ3) is 7.34. The molecule has 0 aliphatic carbocycles. The molecular weight excluding hydrogens is 158 g/mol. The highest BCUT2D eigenvalue weighted by atomic mass is 16.7. The van der Waals surface area contributed by atoms with Crippen molar-refractivity contribution in [3.05, 3.63) is 0 Å². The van der Waals surface area contributed by atoms with Crippen LogP contribution < -0.4 is 5.32 Å². The molecule has 0 saturated carbocycles. The Balaban J connectivity index is 3.92. The van der Waals surface area contributed by atoms with E-state index >= 15 is 0 Å². The van der Waals surface area contributed by atoms with Gasteiger partial charge in [0, 0.05) is 19.4 Å². The summed E-state index contributed by atoms with van der Waals surface area (Å²) in [6.07, 6.45) is -0.616. The maximum absolute atomic E-state index is 11.0. The number of carbonyl (C=O) groups is 1. The monoisotopic (exact) mass is 175 g/mol. The number of ether oxygens (including phenoxy) is 1. The topological polar surface area (TPSA) is 58.6 Å². The van der Waals surface area contributed by atoms with Gasteiger partial charge < -0.3 is 15.2 Å². The first-order valence-corrected chi connectivity index (χ1v) is 3.84. The van der Waals surface area contributed by atoms with E-state index < -0.39 is 11.9 Å². The molecule has 0 spiro atoms. The molecule has 1 amide bonds. The van der Waals surface area contributed by atoms with Crippen molar-refractivity contribution in [2.45, 2.75) is 45.9 Å². The Labute approximate surface area is 72.9 Å². The van der Waals surface area contributed by atoms with Crippen LogP contribution in [0.5, 0.6) is 0 Å². The van der Waals surface area contributed by atoms with Crippen molar-refractivity contribution in [1.82, 2.24) is 5.32 Å². The van der Waals surface area contributed by atoms with Gasteiger partial charge in [0.15, 0.2) is 0 Å². The molecule has 0 saturated heterocycles. The average molecular weight is 175 g/mol. The minimum Gasteiger partial charge on any atom is -0.418 e. The van der Waals surface area contributed by atoms with E-state index in [4.69, 9.17) is 5.11 Å². The van der Waals surface area contributed by atoms with Gasteiger partial charge in [-0.2, -0.15) is 0 Å². The van der Waals surface area contributed by atoms with Crippen molar-refractivity contribution in [1.29, 1.82) is 0 Å². The molecule has 4 nitrogen and oxygen atoms in total. The van der Waals surface area contributed by atoms with Crippen LogP contribution in [-0.4, -0.2) is 22.5 Å². The van der Waals surface area contributed by atoms with Crippen molar-refractivity contribution in [3.63, 3.8) is 0 Å². The summed E-state index contributed by atoms with van der Waals surface area (Å²) >= 11 is 0. The number of rotatable bonds is 1. The van der Waals surface area contributed by atoms with Gasteiger partial charge in [0.05, 0.1) is 0 Å². The zero-order valence-electron chi connectivity index (χ0n) is 8.26. The zero-order valence-corrected chi connectivity index (χ0v) is 8.26. The summed E-state index contributed by atoms with van der Waals surface area (Å²) in [5.74, 6) is -1.42. The Morgan fingerprint density at radius 3 is 1.92 bits per heavy atom. The highest BCUT2D eigenvalue weighted by Crippen LogP contribution is 2.05. The van der Waals surface area contributed by atoms with Gasteiger partial charge in [0.2, 0.25) is 5.79 Å². The van der Waals surface area contributed by atoms with Gasteiger partial charge in [-0.25, -0.2) is 4.79 Å². The molecule has 0 aliphatic rings. The van der Waals surface area contributed by atoms with Crippen molar-refractivity contribution in [2.75, 3.05) is 0 Å². The lowest BCUT2D eigenvalue weighted by Crippen LogP contribution is -2.44. The van der Waals surface area contributed by atoms with Crippen LogP contribution >= 0.6 is 0 Å². The predicted octanol–water partition coefficient (Wildman–Crippen LogP) is 1.24. The molecule has 0 radical (unpaired) electrons. The molecule has 0 rings (SSSR count). The quantitative estimate of drug-likeness (QED) is 0.589. The summed E-state index contributed by atoms with van der Waals surface area (Å²) in [4.78, 5) is 11.0. The fourth-order valence-electron chi connectivity index (χ4n) is 0.559. The molecule has 0 aromatic heterocycles.